The number of rotatable bonds is 7. The molecule has 8 heteroatoms. The predicted molar refractivity (Wildman–Crippen MR) is 94.7 cm³/mol. The fourth-order valence-electron chi connectivity index (χ4n) is 2.34. The summed E-state index contributed by atoms with van der Waals surface area (Å²) in [6.45, 7) is 3.28. The molecule has 1 aromatic heterocycles. The molecule has 0 unspecified atom stereocenters. The second-order valence-electron chi connectivity index (χ2n) is 5.66. The van der Waals surface area contributed by atoms with Crippen molar-refractivity contribution in [1.29, 1.82) is 0 Å². The molecule has 0 saturated heterocycles. The molecule has 1 heterocycles. The van der Waals surface area contributed by atoms with E-state index in [1.165, 1.54) is 23.8 Å². The van der Waals surface area contributed by atoms with Crippen molar-refractivity contribution in [2.45, 2.75) is 33.0 Å². The summed E-state index contributed by atoms with van der Waals surface area (Å²) in [5.74, 6) is -1.27. The van der Waals surface area contributed by atoms with Crippen LogP contribution in [-0.2, 0) is 27.4 Å². The van der Waals surface area contributed by atoms with Crippen molar-refractivity contribution in [3.63, 3.8) is 0 Å². The van der Waals surface area contributed by atoms with Crippen LogP contribution in [0, 0.1) is 0 Å². The van der Waals surface area contributed by atoms with Gasteiger partial charge in [-0.25, -0.2) is 9.36 Å². The van der Waals surface area contributed by atoms with Crippen molar-refractivity contribution in [2.24, 2.45) is 0 Å². The fourth-order valence-corrected chi connectivity index (χ4v) is 2.34. The van der Waals surface area contributed by atoms with Gasteiger partial charge in [-0.3, -0.25) is 19.0 Å². The highest BCUT2D eigenvalue weighted by molar-refractivity contribution is 5.83. The molecule has 0 aliphatic heterocycles. The molecular formula is C18H21N3O5. The molecule has 0 aliphatic rings. The van der Waals surface area contributed by atoms with Gasteiger partial charge in [-0.1, -0.05) is 30.3 Å². The smallest absolute Gasteiger partial charge is 0.331 e. The van der Waals surface area contributed by atoms with E-state index in [0.717, 1.165) is 10.1 Å². The van der Waals surface area contributed by atoms with E-state index in [1.807, 2.05) is 30.3 Å². The first-order valence-corrected chi connectivity index (χ1v) is 8.23. The quantitative estimate of drug-likeness (QED) is 0.708. The second-order valence-corrected chi connectivity index (χ2v) is 5.66. The van der Waals surface area contributed by atoms with Crippen LogP contribution in [0.5, 0.6) is 0 Å². The summed E-state index contributed by atoms with van der Waals surface area (Å²) < 4.78 is 7.10. The Labute approximate surface area is 150 Å². The van der Waals surface area contributed by atoms with Crippen molar-refractivity contribution < 1.29 is 14.3 Å². The molecule has 1 amide bonds. The predicted octanol–water partition coefficient (Wildman–Crippen LogP) is 0.126. The molecule has 0 saturated carbocycles. The van der Waals surface area contributed by atoms with Crippen LogP contribution >= 0.6 is 0 Å². The first-order valence-electron chi connectivity index (χ1n) is 8.23. The van der Waals surface area contributed by atoms with Crippen molar-refractivity contribution in [2.75, 3.05) is 6.54 Å². The number of carbonyl (C=O) groups excluding carboxylic acids is 2. The van der Waals surface area contributed by atoms with Gasteiger partial charge in [0.25, 0.3) is 11.5 Å². The van der Waals surface area contributed by atoms with E-state index >= 15 is 0 Å². The maximum atomic E-state index is 12.5. The van der Waals surface area contributed by atoms with Crippen LogP contribution in [0.2, 0.25) is 0 Å². The monoisotopic (exact) mass is 359 g/mol. The number of aromatic nitrogens is 2. The van der Waals surface area contributed by atoms with Gasteiger partial charge in [0.15, 0.2) is 6.10 Å². The highest BCUT2D eigenvalue weighted by Gasteiger charge is 2.18. The molecule has 0 aliphatic carbocycles. The SMILES string of the molecule is CCNC(=O)[C@@H](C)OC(=O)Cn1c(=O)ccn(Cc2ccccc2)c1=O. The summed E-state index contributed by atoms with van der Waals surface area (Å²) in [7, 11) is 0. The van der Waals surface area contributed by atoms with Gasteiger partial charge in [-0.2, -0.15) is 0 Å². The number of carbonyl (C=O) groups is 2. The van der Waals surface area contributed by atoms with Gasteiger partial charge in [-0.05, 0) is 19.4 Å². The zero-order valence-electron chi connectivity index (χ0n) is 14.7. The van der Waals surface area contributed by atoms with Crippen LogP contribution in [0.25, 0.3) is 0 Å². The van der Waals surface area contributed by atoms with Gasteiger partial charge in [0.2, 0.25) is 0 Å². The largest absolute Gasteiger partial charge is 0.451 e. The van der Waals surface area contributed by atoms with Gasteiger partial charge >= 0.3 is 11.7 Å². The van der Waals surface area contributed by atoms with Crippen molar-refractivity contribution in [3.8, 4) is 0 Å². The van der Waals surface area contributed by atoms with Gasteiger partial charge in [0.05, 0.1) is 6.54 Å². The first kappa shape index (κ1) is 19.2. The number of ether oxygens (including phenoxy) is 1. The average molecular weight is 359 g/mol. The Morgan fingerprint density at radius 2 is 1.85 bits per heavy atom. The summed E-state index contributed by atoms with van der Waals surface area (Å²) >= 11 is 0. The molecule has 1 N–H and O–H groups in total. The zero-order valence-corrected chi connectivity index (χ0v) is 14.7. The van der Waals surface area contributed by atoms with Crippen molar-refractivity contribution >= 4 is 11.9 Å². The number of nitrogens with zero attached hydrogens (tertiary/aromatic N) is 2. The second kappa shape index (κ2) is 8.80. The summed E-state index contributed by atoms with van der Waals surface area (Å²) in [5, 5.41) is 2.52. The summed E-state index contributed by atoms with van der Waals surface area (Å²) in [4.78, 5) is 48.1. The van der Waals surface area contributed by atoms with Crippen LogP contribution in [0.15, 0.2) is 52.2 Å². The molecule has 0 fully saturated rings. The third-order valence-electron chi connectivity index (χ3n) is 3.65. The third kappa shape index (κ3) is 4.92. The summed E-state index contributed by atoms with van der Waals surface area (Å²) in [6, 6.07) is 10.5. The Balaban J connectivity index is 2.15. The van der Waals surface area contributed by atoms with Crippen molar-refractivity contribution in [1.82, 2.24) is 14.5 Å². The van der Waals surface area contributed by atoms with Gasteiger partial charge in [0, 0.05) is 18.8 Å². The molecule has 1 atom stereocenters. The molecule has 2 rings (SSSR count). The number of hydrogen-bond donors (Lipinski definition) is 1. The first-order chi connectivity index (χ1) is 12.4. The van der Waals surface area contributed by atoms with E-state index in [-0.39, 0.29) is 6.54 Å². The maximum absolute atomic E-state index is 12.5. The lowest BCUT2D eigenvalue weighted by atomic mass is 10.2. The number of amides is 1. The molecule has 1 aromatic carbocycles. The van der Waals surface area contributed by atoms with Crippen LogP contribution in [-0.4, -0.2) is 33.7 Å². The molecule has 2 aromatic rings. The molecule has 0 radical (unpaired) electrons. The minimum absolute atomic E-state index is 0.268. The molecular weight excluding hydrogens is 338 g/mol. The Kier molecular flexibility index (Phi) is 6.48. The number of nitrogens with one attached hydrogen (secondary N) is 1. The highest BCUT2D eigenvalue weighted by atomic mass is 16.5. The maximum Gasteiger partial charge on any atom is 0.331 e. The normalized spacial score (nSPS) is 11.6. The van der Waals surface area contributed by atoms with Crippen LogP contribution in [0.3, 0.4) is 0 Å². The van der Waals surface area contributed by atoms with Crippen molar-refractivity contribution in [3.05, 3.63) is 69.0 Å². The number of benzene rings is 1. The van der Waals surface area contributed by atoms with E-state index in [2.05, 4.69) is 5.32 Å². The Bertz CT molecular complexity index is 886. The minimum atomic E-state index is -1.01. The lowest BCUT2D eigenvalue weighted by Gasteiger charge is -2.14. The number of hydrogen-bond acceptors (Lipinski definition) is 5. The van der Waals surface area contributed by atoms with E-state index in [1.54, 1.807) is 6.92 Å². The zero-order chi connectivity index (χ0) is 19.1. The standard InChI is InChI=1S/C18H21N3O5/c1-3-19-17(24)13(2)26-16(23)12-21-15(22)9-10-20(18(21)25)11-14-7-5-4-6-8-14/h4-10,13H,3,11-12H2,1-2H3,(H,19,24)/t13-/m1/s1. The van der Waals surface area contributed by atoms with Gasteiger partial charge in [0.1, 0.15) is 6.54 Å². The molecule has 0 bridgehead atoms. The number of likely N-dealkylation sites (N-methyl/N-ethyl adjacent to an activating group) is 1. The third-order valence-corrected chi connectivity index (χ3v) is 3.65. The summed E-state index contributed by atoms with van der Waals surface area (Å²) in [5.41, 5.74) is -0.349. The fraction of sp³-hybridized carbons (Fsp3) is 0.333. The lowest BCUT2D eigenvalue weighted by Crippen LogP contribution is -2.42. The van der Waals surface area contributed by atoms with Gasteiger partial charge in [-0.15, -0.1) is 0 Å². The Hall–Kier alpha value is -3.16. The van der Waals surface area contributed by atoms with Crippen LogP contribution in [0.1, 0.15) is 19.4 Å². The average Bonchev–Trinajstić information content (AvgIpc) is 2.62. The Morgan fingerprint density at radius 3 is 2.50 bits per heavy atom. The number of esters is 1. The van der Waals surface area contributed by atoms with E-state index in [4.69, 9.17) is 4.74 Å². The molecule has 0 spiro atoms. The van der Waals surface area contributed by atoms with E-state index in [0.29, 0.717) is 6.54 Å². The minimum Gasteiger partial charge on any atom is -0.451 e. The van der Waals surface area contributed by atoms with Crippen LogP contribution < -0.4 is 16.6 Å². The topological polar surface area (TPSA) is 99.4 Å². The molecule has 26 heavy (non-hydrogen) atoms. The van der Waals surface area contributed by atoms with Crippen LogP contribution in [0.4, 0.5) is 0 Å². The highest BCUT2D eigenvalue weighted by Crippen LogP contribution is 2.00. The molecule has 8 nitrogen and oxygen atoms in total. The summed E-state index contributed by atoms with van der Waals surface area (Å²) in [6.07, 6.45) is 0.380. The van der Waals surface area contributed by atoms with E-state index < -0.39 is 35.8 Å². The lowest BCUT2D eigenvalue weighted by molar-refractivity contribution is -0.155. The van der Waals surface area contributed by atoms with E-state index in [9.17, 15) is 19.2 Å². The Morgan fingerprint density at radius 1 is 1.15 bits per heavy atom. The molecule has 138 valence electrons. The van der Waals surface area contributed by atoms with Gasteiger partial charge < -0.3 is 10.1 Å².